The number of alkyl carbamates (subject to hydrolysis) is 1. The van der Waals surface area contributed by atoms with Crippen molar-refractivity contribution in [2.75, 3.05) is 26.2 Å². The number of imide groups is 1. The molecule has 0 spiro atoms. The first-order valence-corrected chi connectivity index (χ1v) is 8.50. The number of benzene rings is 1. The molecule has 2 rings (SSSR count). The lowest BCUT2D eigenvalue weighted by Gasteiger charge is -2.23. The Kier molecular flexibility index (Phi) is 6.04. The molecule has 4 amide bonds. The van der Waals surface area contributed by atoms with Gasteiger partial charge in [-0.1, -0.05) is 12.1 Å². The SMILES string of the molecule is CC(C)(C)OC(=O)NCCN(CCN1C(=O)c2ccccc2C1=O)C(=O)O. The standard InChI is InChI=1S/C18H23N3O6/c1-18(2,3)27-16(24)19-8-9-20(17(25)26)10-11-21-14(22)12-6-4-5-7-13(12)15(21)23/h4-7H,8-11H2,1-3H3,(H,19,24)(H,25,26). The van der Waals surface area contributed by atoms with Crippen LogP contribution < -0.4 is 5.32 Å². The van der Waals surface area contributed by atoms with Gasteiger partial charge in [0.25, 0.3) is 11.8 Å². The van der Waals surface area contributed by atoms with E-state index in [1.807, 2.05) is 0 Å². The fourth-order valence-electron chi connectivity index (χ4n) is 2.57. The van der Waals surface area contributed by atoms with E-state index in [4.69, 9.17) is 4.74 Å². The lowest BCUT2D eigenvalue weighted by molar-refractivity contribution is 0.0520. The quantitative estimate of drug-likeness (QED) is 0.730. The molecule has 0 radical (unpaired) electrons. The number of hydrogen-bond acceptors (Lipinski definition) is 5. The molecule has 1 aromatic carbocycles. The van der Waals surface area contributed by atoms with Crippen LogP contribution in [0.2, 0.25) is 0 Å². The van der Waals surface area contributed by atoms with Crippen molar-refractivity contribution in [3.63, 3.8) is 0 Å². The zero-order valence-electron chi connectivity index (χ0n) is 15.5. The predicted octanol–water partition coefficient (Wildman–Crippen LogP) is 1.79. The van der Waals surface area contributed by atoms with E-state index in [1.54, 1.807) is 45.0 Å². The van der Waals surface area contributed by atoms with Gasteiger partial charge in [-0.3, -0.25) is 14.5 Å². The minimum absolute atomic E-state index is 0.00224. The summed E-state index contributed by atoms with van der Waals surface area (Å²) in [6, 6.07) is 6.46. The molecular formula is C18H23N3O6. The van der Waals surface area contributed by atoms with Crippen molar-refractivity contribution < 1.29 is 29.0 Å². The molecular weight excluding hydrogens is 354 g/mol. The highest BCUT2D eigenvalue weighted by Gasteiger charge is 2.35. The van der Waals surface area contributed by atoms with Crippen LogP contribution >= 0.6 is 0 Å². The summed E-state index contributed by atoms with van der Waals surface area (Å²) in [5, 5.41) is 11.8. The third kappa shape index (κ3) is 5.19. The summed E-state index contributed by atoms with van der Waals surface area (Å²) in [5.41, 5.74) is -0.0193. The molecule has 1 aromatic rings. The van der Waals surface area contributed by atoms with Gasteiger partial charge in [0.05, 0.1) is 11.1 Å². The van der Waals surface area contributed by atoms with Gasteiger partial charge >= 0.3 is 12.2 Å². The number of amides is 4. The second-order valence-electron chi connectivity index (χ2n) is 7.01. The van der Waals surface area contributed by atoms with Crippen molar-refractivity contribution >= 4 is 24.0 Å². The smallest absolute Gasteiger partial charge is 0.407 e. The first kappa shape index (κ1) is 20.2. The summed E-state index contributed by atoms with van der Waals surface area (Å²) in [7, 11) is 0. The van der Waals surface area contributed by atoms with Gasteiger partial charge in [0.2, 0.25) is 0 Å². The number of carbonyl (C=O) groups excluding carboxylic acids is 3. The zero-order valence-corrected chi connectivity index (χ0v) is 15.5. The maximum absolute atomic E-state index is 12.3. The second-order valence-corrected chi connectivity index (χ2v) is 7.01. The summed E-state index contributed by atoms with van der Waals surface area (Å²) >= 11 is 0. The summed E-state index contributed by atoms with van der Waals surface area (Å²) in [4.78, 5) is 49.6. The van der Waals surface area contributed by atoms with E-state index in [0.29, 0.717) is 11.1 Å². The van der Waals surface area contributed by atoms with Gasteiger partial charge in [0.1, 0.15) is 5.60 Å². The molecule has 0 aliphatic carbocycles. The van der Waals surface area contributed by atoms with E-state index < -0.39 is 29.6 Å². The van der Waals surface area contributed by atoms with Crippen molar-refractivity contribution in [3.05, 3.63) is 35.4 Å². The van der Waals surface area contributed by atoms with Crippen LogP contribution in [-0.4, -0.2) is 70.7 Å². The summed E-state index contributed by atoms with van der Waals surface area (Å²) in [5.74, 6) is -0.874. The zero-order chi connectivity index (χ0) is 20.2. The van der Waals surface area contributed by atoms with Crippen LogP contribution in [0.5, 0.6) is 0 Å². The Hall–Kier alpha value is -3.10. The number of ether oxygens (including phenoxy) is 1. The van der Waals surface area contributed by atoms with Gasteiger partial charge in [-0.15, -0.1) is 0 Å². The minimum Gasteiger partial charge on any atom is -0.465 e. The number of hydrogen-bond donors (Lipinski definition) is 2. The maximum Gasteiger partial charge on any atom is 0.407 e. The Labute approximate surface area is 156 Å². The molecule has 0 bridgehead atoms. The molecule has 146 valence electrons. The fourth-order valence-corrected chi connectivity index (χ4v) is 2.57. The van der Waals surface area contributed by atoms with Crippen LogP contribution in [0.1, 0.15) is 41.5 Å². The molecule has 9 nitrogen and oxygen atoms in total. The third-order valence-corrected chi connectivity index (χ3v) is 3.79. The highest BCUT2D eigenvalue weighted by molar-refractivity contribution is 6.21. The molecule has 2 N–H and O–H groups in total. The fraction of sp³-hybridized carbons (Fsp3) is 0.444. The molecule has 1 aliphatic rings. The summed E-state index contributed by atoms with van der Waals surface area (Å²) in [6.07, 6.45) is -1.86. The third-order valence-electron chi connectivity index (χ3n) is 3.79. The molecule has 0 saturated heterocycles. The van der Waals surface area contributed by atoms with Crippen LogP contribution in [0.25, 0.3) is 0 Å². The van der Waals surface area contributed by atoms with Crippen molar-refractivity contribution in [2.24, 2.45) is 0 Å². The summed E-state index contributed by atoms with van der Waals surface area (Å²) < 4.78 is 5.07. The molecule has 0 aromatic heterocycles. The van der Waals surface area contributed by atoms with Gasteiger partial charge < -0.3 is 20.1 Å². The Morgan fingerprint density at radius 2 is 1.67 bits per heavy atom. The molecule has 9 heteroatoms. The highest BCUT2D eigenvalue weighted by atomic mass is 16.6. The first-order valence-electron chi connectivity index (χ1n) is 8.50. The number of carbonyl (C=O) groups is 4. The molecule has 0 atom stereocenters. The van der Waals surface area contributed by atoms with Gasteiger partial charge in [0, 0.05) is 26.2 Å². The Bertz CT molecular complexity index is 721. The topological polar surface area (TPSA) is 116 Å². The molecule has 0 fully saturated rings. The molecule has 0 saturated carbocycles. The van der Waals surface area contributed by atoms with Crippen LogP contribution in [-0.2, 0) is 4.74 Å². The average Bonchev–Trinajstić information content (AvgIpc) is 2.81. The van der Waals surface area contributed by atoms with Crippen LogP contribution in [0, 0.1) is 0 Å². The minimum atomic E-state index is -1.21. The number of nitrogens with one attached hydrogen (secondary N) is 1. The molecule has 0 unspecified atom stereocenters. The Morgan fingerprint density at radius 3 is 2.15 bits per heavy atom. The molecule has 27 heavy (non-hydrogen) atoms. The number of fused-ring (bicyclic) bond motifs is 1. The first-order chi connectivity index (χ1) is 12.6. The van der Waals surface area contributed by atoms with E-state index in [9.17, 15) is 24.3 Å². The average molecular weight is 377 g/mol. The van der Waals surface area contributed by atoms with Crippen molar-refractivity contribution in [3.8, 4) is 0 Å². The van der Waals surface area contributed by atoms with Gasteiger partial charge in [-0.2, -0.15) is 0 Å². The van der Waals surface area contributed by atoms with E-state index in [-0.39, 0.29) is 26.2 Å². The van der Waals surface area contributed by atoms with Crippen molar-refractivity contribution in [1.82, 2.24) is 15.1 Å². The van der Waals surface area contributed by atoms with E-state index in [1.165, 1.54) is 0 Å². The highest BCUT2D eigenvalue weighted by Crippen LogP contribution is 2.22. The van der Waals surface area contributed by atoms with Gasteiger partial charge in [-0.25, -0.2) is 9.59 Å². The van der Waals surface area contributed by atoms with Crippen LogP contribution in [0.4, 0.5) is 9.59 Å². The number of nitrogens with zero attached hydrogens (tertiary/aromatic N) is 2. The second kappa shape index (κ2) is 8.07. The summed E-state index contributed by atoms with van der Waals surface area (Å²) in [6.45, 7) is 5.08. The maximum atomic E-state index is 12.3. The number of rotatable bonds is 6. The van der Waals surface area contributed by atoms with Crippen LogP contribution in [0.3, 0.4) is 0 Å². The van der Waals surface area contributed by atoms with Crippen molar-refractivity contribution in [1.29, 1.82) is 0 Å². The predicted molar refractivity (Wildman–Crippen MR) is 95.6 cm³/mol. The largest absolute Gasteiger partial charge is 0.465 e. The van der Waals surface area contributed by atoms with Gasteiger partial charge in [0.15, 0.2) is 0 Å². The normalized spacial score (nSPS) is 13.4. The molecule has 1 heterocycles. The lowest BCUT2D eigenvalue weighted by Crippen LogP contribution is -2.44. The van der Waals surface area contributed by atoms with E-state index >= 15 is 0 Å². The Balaban J connectivity index is 1.87. The van der Waals surface area contributed by atoms with Crippen molar-refractivity contribution in [2.45, 2.75) is 26.4 Å². The van der Waals surface area contributed by atoms with E-state index in [0.717, 1.165) is 9.80 Å². The van der Waals surface area contributed by atoms with E-state index in [2.05, 4.69) is 5.32 Å². The monoisotopic (exact) mass is 377 g/mol. The van der Waals surface area contributed by atoms with Gasteiger partial charge in [-0.05, 0) is 32.9 Å². The Morgan fingerprint density at radius 1 is 1.11 bits per heavy atom. The molecule has 1 aliphatic heterocycles. The van der Waals surface area contributed by atoms with Crippen LogP contribution in [0.15, 0.2) is 24.3 Å². The lowest BCUT2D eigenvalue weighted by atomic mass is 10.1. The number of carboxylic acid groups (broad SMARTS) is 1.